The second kappa shape index (κ2) is 7.10. The van der Waals surface area contributed by atoms with Gasteiger partial charge in [-0.05, 0) is 54.8 Å². The first-order chi connectivity index (χ1) is 13.3. The smallest absolute Gasteiger partial charge is 0.267 e. The summed E-state index contributed by atoms with van der Waals surface area (Å²) in [5.41, 5.74) is 4.16. The van der Waals surface area contributed by atoms with Crippen LogP contribution in [0.5, 0.6) is 0 Å². The normalized spacial score (nSPS) is 16.0. The van der Waals surface area contributed by atoms with Crippen LogP contribution in [0.1, 0.15) is 33.6 Å². The van der Waals surface area contributed by atoms with E-state index in [9.17, 15) is 13.2 Å². The Hall–Kier alpha value is -2.02. The summed E-state index contributed by atoms with van der Waals surface area (Å²) in [4.78, 5) is 16.1. The largest absolute Gasteiger partial charge is 0.358 e. The van der Waals surface area contributed by atoms with Crippen LogP contribution in [0.3, 0.4) is 0 Å². The van der Waals surface area contributed by atoms with E-state index in [1.807, 2.05) is 19.1 Å². The van der Waals surface area contributed by atoms with E-state index < -0.39 is 15.9 Å². The van der Waals surface area contributed by atoms with Crippen molar-refractivity contribution in [1.29, 1.82) is 0 Å². The van der Waals surface area contributed by atoms with Crippen LogP contribution >= 0.6 is 23.2 Å². The number of hydrogen-bond acceptors (Lipinski definition) is 3. The number of H-pyrrole nitrogens is 1. The number of nitrogens with zero attached hydrogens (tertiary/aromatic N) is 1. The third-order valence-electron chi connectivity index (χ3n) is 5.07. The number of aryl methyl sites for hydroxylation is 1. The lowest BCUT2D eigenvalue weighted by Gasteiger charge is -2.14. The Labute approximate surface area is 173 Å². The summed E-state index contributed by atoms with van der Waals surface area (Å²) in [7, 11) is -3.50. The highest BCUT2D eigenvalue weighted by Gasteiger charge is 2.33. The predicted octanol–water partition coefficient (Wildman–Crippen LogP) is 4.55. The first-order valence-corrected chi connectivity index (χ1v) is 11.2. The van der Waals surface area contributed by atoms with Gasteiger partial charge in [-0.25, -0.2) is 12.7 Å². The van der Waals surface area contributed by atoms with Crippen molar-refractivity contribution < 1.29 is 13.2 Å². The molecule has 2 aromatic carbocycles. The Morgan fingerprint density at radius 3 is 2.64 bits per heavy atom. The van der Waals surface area contributed by atoms with Crippen LogP contribution in [0.2, 0.25) is 10.0 Å². The average molecular weight is 437 g/mol. The summed E-state index contributed by atoms with van der Waals surface area (Å²) in [5.74, 6) is -0.460. The van der Waals surface area contributed by atoms with Gasteiger partial charge in [0, 0.05) is 45.2 Å². The molecule has 5 nitrogen and oxygen atoms in total. The molecular formula is C20H18Cl2N2O3S. The molecule has 0 bridgehead atoms. The van der Waals surface area contributed by atoms with Gasteiger partial charge in [0.2, 0.25) is 10.0 Å². The lowest BCUT2D eigenvalue weighted by atomic mass is 10.0. The van der Waals surface area contributed by atoms with Crippen molar-refractivity contribution in [3.8, 4) is 0 Å². The average Bonchev–Trinajstić information content (AvgIpc) is 3.15. The lowest BCUT2D eigenvalue weighted by molar-refractivity contribution is 0.0870. The number of carbonyl (C=O) groups excluding carboxylic acids is 1. The zero-order valence-corrected chi connectivity index (χ0v) is 17.5. The topological polar surface area (TPSA) is 70.2 Å². The molecule has 1 aromatic heterocycles. The van der Waals surface area contributed by atoms with Crippen molar-refractivity contribution in [1.82, 2.24) is 9.29 Å². The number of benzene rings is 2. The third kappa shape index (κ3) is 3.41. The van der Waals surface area contributed by atoms with E-state index in [2.05, 4.69) is 4.98 Å². The summed E-state index contributed by atoms with van der Waals surface area (Å²) in [5, 5.41) is 2.03. The molecule has 0 saturated carbocycles. The third-order valence-corrected chi connectivity index (χ3v) is 7.49. The van der Waals surface area contributed by atoms with Gasteiger partial charge in [0.05, 0.1) is 5.75 Å². The molecule has 1 saturated heterocycles. The fraction of sp³-hybridized carbons (Fsp3) is 0.250. The van der Waals surface area contributed by atoms with Crippen LogP contribution in [0.25, 0.3) is 10.9 Å². The van der Waals surface area contributed by atoms with E-state index in [0.717, 1.165) is 32.0 Å². The van der Waals surface area contributed by atoms with Gasteiger partial charge in [-0.1, -0.05) is 29.3 Å². The molecule has 1 N–H and O–H groups in total. The Balaban J connectivity index is 1.75. The molecule has 1 amide bonds. The first kappa shape index (κ1) is 19.3. The van der Waals surface area contributed by atoms with Crippen LogP contribution < -0.4 is 0 Å². The number of nitrogens with one attached hydrogen (secondary N) is 1. The van der Waals surface area contributed by atoms with Crippen LogP contribution in [0.15, 0.2) is 36.4 Å². The highest BCUT2D eigenvalue weighted by molar-refractivity contribution is 7.89. The molecule has 0 unspecified atom stereocenters. The van der Waals surface area contributed by atoms with Crippen LogP contribution in [-0.4, -0.2) is 35.9 Å². The molecule has 0 radical (unpaired) electrons. The molecule has 1 fully saturated rings. The summed E-state index contributed by atoms with van der Waals surface area (Å²) in [6.45, 7) is 2.20. The van der Waals surface area contributed by atoms with E-state index in [1.165, 1.54) is 0 Å². The fourth-order valence-electron chi connectivity index (χ4n) is 3.61. The maximum Gasteiger partial charge on any atom is 0.267 e. The number of fused-ring (bicyclic) bond motifs is 1. The first-order valence-electron chi connectivity index (χ1n) is 8.86. The van der Waals surface area contributed by atoms with Crippen molar-refractivity contribution in [3.63, 3.8) is 0 Å². The molecule has 0 aliphatic carbocycles. The van der Waals surface area contributed by atoms with E-state index in [1.54, 1.807) is 24.3 Å². The molecule has 146 valence electrons. The maximum absolute atomic E-state index is 12.8. The molecule has 28 heavy (non-hydrogen) atoms. The Morgan fingerprint density at radius 2 is 1.96 bits per heavy atom. The minimum atomic E-state index is -3.50. The van der Waals surface area contributed by atoms with Crippen molar-refractivity contribution in [2.24, 2.45) is 0 Å². The van der Waals surface area contributed by atoms with Crippen molar-refractivity contribution in [3.05, 3.63) is 68.8 Å². The van der Waals surface area contributed by atoms with E-state index in [4.69, 9.17) is 23.2 Å². The summed E-state index contributed by atoms with van der Waals surface area (Å²) in [6.07, 6.45) is 1.04. The number of sulfonamides is 1. The van der Waals surface area contributed by atoms with Gasteiger partial charge < -0.3 is 4.98 Å². The number of carbonyl (C=O) groups is 1. The van der Waals surface area contributed by atoms with Crippen LogP contribution in [0, 0.1) is 6.92 Å². The molecule has 1 aliphatic heterocycles. The summed E-state index contributed by atoms with van der Waals surface area (Å²) < 4.78 is 25.2. The summed E-state index contributed by atoms with van der Waals surface area (Å²) in [6, 6.07) is 10.6. The van der Waals surface area contributed by atoms with Gasteiger partial charge in [0.1, 0.15) is 0 Å². The minimum Gasteiger partial charge on any atom is -0.358 e. The molecule has 2 heterocycles. The quantitative estimate of drug-likeness (QED) is 0.654. The molecule has 0 spiro atoms. The fourth-order valence-corrected chi connectivity index (χ4v) is 5.57. The van der Waals surface area contributed by atoms with Gasteiger partial charge >= 0.3 is 0 Å². The number of amides is 1. The second-order valence-electron chi connectivity index (χ2n) is 6.95. The highest BCUT2D eigenvalue weighted by atomic mass is 35.5. The van der Waals surface area contributed by atoms with E-state index >= 15 is 0 Å². The van der Waals surface area contributed by atoms with Crippen molar-refractivity contribution in [2.45, 2.75) is 19.8 Å². The maximum atomic E-state index is 12.8. The molecule has 8 heteroatoms. The molecular weight excluding hydrogens is 419 g/mol. The van der Waals surface area contributed by atoms with Crippen LogP contribution in [-0.2, 0) is 16.4 Å². The number of halogens is 2. The summed E-state index contributed by atoms with van der Waals surface area (Å²) >= 11 is 12.3. The van der Waals surface area contributed by atoms with Gasteiger partial charge in [-0.2, -0.15) is 0 Å². The van der Waals surface area contributed by atoms with E-state index in [-0.39, 0.29) is 12.3 Å². The van der Waals surface area contributed by atoms with Gasteiger partial charge in [0.25, 0.3) is 5.91 Å². The molecule has 1 aliphatic rings. The Morgan fingerprint density at radius 1 is 1.18 bits per heavy atom. The number of aromatic nitrogens is 1. The highest BCUT2D eigenvalue weighted by Crippen LogP contribution is 2.30. The van der Waals surface area contributed by atoms with E-state index in [0.29, 0.717) is 28.5 Å². The van der Waals surface area contributed by atoms with Crippen molar-refractivity contribution >= 4 is 50.0 Å². The minimum absolute atomic E-state index is 0.0184. The number of hydrogen-bond donors (Lipinski definition) is 1. The molecule has 3 aromatic rings. The van der Waals surface area contributed by atoms with Gasteiger partial charge in [-0.15, -0.1) is 0 Å². The molecule has 0 atom stereocenters. The lowest BCUT2D eigenvalue weighted by Crippen LogP contribution is -2.32. The van der Waals surface area contributed by atoms with Crippen LogP contribution in [0.4, 0.5) is 0 Å². The standard InChI is InChI=1S/C20H18Cl2N2O3S/c1-12-16(9-13-3-5-15(21)11-18(13)22)17-10-14(4-6-19(17)23-12)20(25)24-7-2-8-28(24,26)27/h3-6,10-11,23H,2,7-9H2,1H3. The van der Waals surface area contributed by atoms with Gasteiger partial charge in [0.15, 0.2) is 0 Å². The zero-order chi connectivity index (χ0) is 20.1. The van der Waals surface area contributed by atoms with Crippen molar-refractivity contribution in [2.75, 3.05) is 12.3 Å². The second-order valence-corrected chi connectivity index (χ2v) is 9.80. The number of aromatic amines is 1. The SMILES string of the molecule is Cc1[nH]c2ccc(C(=O)N3CCCS3(=O)=O)cc2c1Cc1ccc(Cl)cc1Cl. The Kier molecular flexibility index (Phi) is 4.89. The Bertz CT molecular complexity index is 1200. The predicted molar refractivity (Wildman–Crippen MR) is 112 cm³/mol. The number of rotatable bonds is 3. The molecule has 4 rings (SSSR count). The zero-order valence-electron chi connectivity index (χ0n) is 15.1. The monoisotopic (exact) mass is 436 g/mol. The van der Waals surface area contributed by atoms with Gasteiger partial charge in [-0.3, -0.25) is 4.79 Å².